The highest BCUT2D eigenvalue weighted by atomic mass is 19.1. The van der Waals surface area contributed by atoms with Crippen molar-refractivity contribution in [3.05, 3.63) is 29.6 Å². The summed E-state index contributed by atoms with van der Waals surface area (Å²) in [5.41, 5.74) is 0.584. The van der Waals surface area contributed by atoms with Crippen LogP contribution in [0, 0.1) is 11.2 Å². The zero-order valence-corrected chi connectivity index (χ0v) is 11.5. The number of rotatable bonds is 6. The molecule has 2 N–H and O–H groups in total. The summed E-state index contributed by atoms with van der Waals surface area (Å²) in [4.78, 5) is 0. The van der Waals surface area contributed by atoms with Gasteiger partial charge in [0.25, 0.3) is 0 Å². The van der Waals surface area contributed by atoms with Crippen molar-refractivity contribution in [3.8, 4) is 5.75 Å². The Morgan fingerprint density at radius 3 is 2.67 bits per heavy atom. The fraction of sp³-hybridized carbons (Fsp3) is 0.571. The first-order valence-corrected chi connectivity index (χ1v) is 6.07. The van der Waals surface area contributed by atoms with Gasteiger partial charge >= 0.3 is 0 Å². The van der Waals surface area contributed by atoms with E-state index in [1.807, 2.05) is 20.8 Å². The van der Waals surface area contributed by atoms with Crippen molar-refractivity contribution >= 4 is 0 Å². The molecule has 1 rings (SSSR count). The highest BCUT2D eigenvalue weighted by Crippen LogP contribution is 2.26. The number of hydrogen-bond acceptors (Lipinski definition) is 3. The summed E-state index contributed by atoms with van der Waals surface area (Å²) >= 11 is 0. The summed E-state index contributed by atoms with van der Waals surface area (Å²) in [5, 5.41) is 12.5. The van der Waals surface area contributed by atoms with Crippen LogP contribution in [0.3, 0.4) is 0 Å². The van der Waals surface area contributed by atoms with Gasteiger partial charge in [-0.25, -0.2) is 4.39 Å². The summed E-state index contributed by atoms with van der Waals surface area (Å²) < 4.78 is 18.5. The van der Waals surface area contributed by atoms with Gasteiger partial charge in [0.1, 0.15) is 11.6 Å². The van der Waals surface area contributed by atoms with Gasteiger partial charge in [-0.3, -0.25) is 0 Å². The molecule has 1 unspecified atom stereocenters. The van der Waals surface area contributed by atoms with Crippen LogP contribution in [-0.4, -0.2) is 25.4 Å². The minimum Gasteiger partial charge on any atom is -0.496 e. The van der Waals surface area contributed by atoms with Crippen LogP contribution in [0.25, 0.3) is 0 Å². The lowest BCUT2D eigenvalue weighted by Crippen LogP contribution is -2.33. The smallest absolute Gasteiger partial charge is 0.123 e. The lowest BCUT2D eigenvalue weighted by Gasteiger charge is -2.25. The van der Waals surface area contributed by atoms with E-state index in [2.05, 4.69) is 5.32 Å². The van der Waals surface area contributed by atoms with Gasteiger partial charge in [-0.1, -0.05) is 13.8 Å². The molecule has 0 amide bonds. The first-order valence-electron chi connectivity index (χ1n) is 6.07. The van der Waals surface area contributed by atoms with Crippen molar-refractivity contribution in [1.29, 1.82) is 0 Å². The van der Waals surface area contributed by atoms with Gasteiger partial charge in [0.15, 0.2) is 0 Å². The highest BCUT2D eigenvalue weighted by Gasteiger charge is 2.19. The second-order valence-electron chi connectivity index (χ2n) is 5.31. The average molecular weight is 255 g/mol. The van der Waals surface area contributed by atoms with Crippen LogP contribution in [0.1, 0.15) is 32.4 Å². The molecule has 18 heavy (non-hydrogen) atoms. The van der Waals surface area contributed by atoms with E-state index in [9.17, 15) is 9.50 Å². The Labute approximate surface area is 108 Å². The van der Waals surface area contributed by atoms with Crippen molar-refractivity contribution in [2.24, 2.45) is 5.41 Å². The van der Waals surface area contributed by atoms with Crippen molar-refractivity contribution in [2.75, 3.05) is 20.3 Å². The minimum absolute atomic E-state index is 0.0403. The summed E-state index contributed by atoms with van der Waals surface area (Å²) in [6.45, 7) is 6.63. The Morgan fingerprint density at radius 2 is 2.11 bits per heavy atom. The van der Waals surface area contributed by atoms with Gasteiger partial charge in [0.05, 0.1) is 7.11 Å². The number of benzene rings is 1. The fourth-order valence-corrected chi connectivity index (χ4v) is 1.64. The van der Waals surface area contributed by atoms with Crippen LogP contribution in [-0.2, 0) is 0 Å². The van der Waals surface area contributed by atoms with E-state index >= 15 is 0 Å². The van der Waals surface area contributed by atoms with Gasteiger partial charge in [0.2, 0.25) is 0 Å². The average Bonchev–Trinajstić information content (AvgIpc) is 2.36. The Balaban J connectivity index is 2.77. The van der Waals surface area contributed by atoms with E-state index in [0.29, 0.717) is 12.3 Å². The SMILES string of the molecule is COc1ccc(F)cc1C(C)NCC(C)(C)CO. The lowest BCUT2D eigenvalue weighted by atomic mass is 9.94. The Bertz CT molecular complexity index is 393. The predicted molar refractivity (Wildman–Crippen MR) is 70.2 cm³/mol. The molecule has 0 radical (unpaired) electrons. The maximum Gasteiger partial charge on any atom is 0.123 e. The summed E-state index contributed by atoms with van der Waals surface area (Å²) in [6, 6.07) is 4.44. The van der Waals surface area contributed by atoms with Crippen LogP contribution in [0.4, 0.5) is 4.39 Å². The Kier molecular flexibility index (Phi) is 5.11. The van der Waals surface area contributed by atoms with E-state index in [4.69, 9.17) is 4.74 Å². The van der Waals surface area contributed by atoms with E-state index in [-0.39, 0.29) is 23.9 Å². The van der Waals surface area contributed by atoms with Crippen LogP contribution in [0.5, 0.6) is 5.75 Å². The van der Waals surface area contributed by atoms with Gasteiger partial charge in [-0.2, -0.15) is 0 Å². The first kappa shape index (κ1) is 14.9. The molecule has 0 saturated heterocycles. The predicted octanol–water partition coefficient (Wildman–Crippen LogP) is 2.50. The number of methoxy groups -OCH3 is 1. The van der Waals surface area contributed by atoms with E-state index in [1.165, 1.54) is 12.1 Å². The summed E-state index contributed by atoms with van der Waals surface area (Å²) in [6.07, 6.45) is 0. The molecule has 1 aromatic carbocycles. The van der Waals surface area contributed by atoms with Crippen LogP contribution in [0.15, 0.2) is 18.2 Å². The molecule has 0 aliphatic heterocycles. The normalized spacial score (nSPS) is 13.4. The van der Waals surface area contributed by atoms with Gasteiger partial charge in [0, 0.05) is 30.2 Å². The maximum atomic E-state index is 13.3. The molecule has 0 aromatic heterocycles. The van der Waals surface area contributed by atoms with Gasteiger partial charge in [-0.15, -0.1) is 0 Å². The third-order valence-corrected chi connectivity index (χ3v) is 2.97. The molecule has 102 valence electrons. The Morgan fingerprint density at radius 1 is 1.44 bits per heavy atom. The van der Waals surface area contributed by atoms with E-state index in [1.54, 1.807) is 13.2 Å². The van der Waals surface area contributed by atoms with Crippen LogP contribution < -0.4 is 10.1 Å². The quantitative estimate of drug-likeness (QED) is 0.820. The number of hydrogen-bond donors (Lipinski definition) is 2. The number of aliphatic hydroxyl groups is 1. The molecule has 3 nitrogen and oxygen atoms in total. The number of nitrogens with one attached hydrogen (secondary N) is 1. The standard InChI is InChI=1S/C14H22FNO2/c1-10(16-8-14(2,3)9-17)12-7-11(15)5-6-13(12)18-4/h5-7,10,16-17H,8-9H2,1-4H3. The first-order chi connectivity index (χ1) is 8.39. The number of ether oxygens (including phenoxy) is 1. The molecule has 0 aliphatic rings. The maximum absolute atomic E-state index is 13.3. The van der Waals surface area contributed by atoms with Gasteiger partial charge < -0.3 is 15.2 Å². The zero-order chi connectivity index (χ0) is 13.8. The fourth-order valence-electron chi connectivity index (χ4n) is 1.64. The third-order valence-electron chi connectivity index (χ3n) is 2.97. The highest BCUT2D eigenvalue weighted by molar-refractivity contribution is 5.36. The molecule has 0 saturated carbocycles. The zero-order valence-electron chi connectivity index (χ0n) is 11.5. The van der Waals surface area contributed by atoms with Crippen LogP contribution in [0.2, 0.25) is 0 Å². The van der Waals surface area contributed by atoms with Crippen molar-refractivity contribution in [1.82, 2.24) is 5.32 Å². The molecule has 0 heterocycles. The topological polar surface area (TPSA) is 41.5 Å². The van der Waals surface area contributed by atoms with E-state index in [0.717, 1.165) is 5.56 Å². The molecular formula is C14H22FNO2. The molecular weight excluding hydrogens is 233 g/mol. The Hall–Kier alpha value is -1.13. The third kappa shape index (κ3) is 3.96. The van der Waals surface area contributed by atoms with E-state index < -0.39 is 0 Å². The van der Waals surface area contributed by atoms with Crippen LogP contribution >= 0.6 is 0 Å². The molecule has 1 aromatic rings. The van der Waals surface area contributed by atoms with Crippen molar-refractivity contribution in [3.63, 3.8) is 0 Å². The van der Waals surface area contributed by atoms with Gasteiger partial charge in [-0.05, 0) is 25.1 Å². The second-order valence-corrected chi connectivity index (χ2v) is 5.31. The number of aliphatic hydroxyl groups excluding tert-OH is 1. The molecule has 0 fully saturated rings. The molecule has 1 atom stereocenters. The molecule has 0 spiro atoms. The summed E-state index contributed by atoms with van der Waals surface area (Å²) in [7, 11) is 1.57. The minimum atomic E-state index is -0.277. The second kappa shape index (κ2) is 6.16. The van der Waals surface area contributed by atoms with Crippen molar-refractivity contribution in [2.45, 2.75) is 26.8 Å². The number of halogens is 1. The molecule has 0 bridgehead atoms. The van der Waals surface area contributed by atoms with Crippen molar-refractivity contribution < 1.29 is 14.2 Å². The molecule has 0 aliphatic carbocycles. The monoisotopic (exact) mass is 255 g/mol. The lowest BCUT2D eigenvalue weighted by molar-refractivity contribution is 0.153. The summed E-state index contributed by atoms with van der Waals surface area (Å²) in [5.74, 6) is 0.388. The largest absolute Gasteiger partial charge is 0.496 e. The molecule has 4 heteroatoms.